The number of nitrogens with two attached hydrogens (primary N) is 1. The minimum atomic E-state index is -0.543. The van der Waals surface area contributed by atoms with Crippen LogP contribution in [0.15, 0.2) is 40.9 Å². The van der Waals surface area contributed by atoms with Crippen LogP contribution < -0.4 is 5.73 Å². The largest absolute Gasteiger partial charge is 0.398 e. The van der Waals surface area contributed by atoms with Crippen LogP contribution in [0.3, 0.4) is 0 Å². The molecule has 7 heteroatoms. The molecule has 2 N–H and O–H groups in total. The quantitative estimate of drug-likeness (QED) is 0.729. The van der Waals surface area contributed by atoms with E-state index in [4.69, 9.17) is 21.9 Å². The molecule has 1 heterocycles. The number of anilines is 1. The van der Waals surface area contributed by atoms with E-state index in [1.807, 2.05) is 0 Å². The van der Waals surface area contributed by atoms with E-state index in [2.05, 4.69) is 10.1 Å². The summed E-state index contributed by atoms with van der Waals surface area (Å²) in [6.07, 6.45) is 0. The molecule has 3 rings (SSSR count). The van der Waals surface area contributed by atoms with Gasteiger partial charge in [-0.25, -0.2) is 8.78 Å². The predicted octanol–water partition coefficient (Wildman–Crippen LogP) is 3.92. The molecule has 106 valence electrons. The Morgan fingerprint density at radius 2 is 1.90 bits per heavy atom. The van der Waals surface area contributed by atoms with Crippen molar-refractivity contribution in [1.82, 2.24) is 10.1 Å². The second-order valence-electron chi connectivity index (χ2n) is 4.28. The summed E-state index contributed by atoms with van der Waals surface area (Å²) in [6, 6.07) is 7.87. The topological polar surface area (TPSA) is 64.9 Å². The van der Waals surface area contributed by atoms with E-state index in [1.165, 1.54) is 36.4 Å². The fourth-order valence-electron chi connectivity index (χ4n) is 1.80. The summed E-state index contributed by atoms with van der Waals surface area (Å²) in [5, 5.41) is 3.71. The van der Waals surface area contributed by atoms with Crippen molar-refractivity contribution in [2.24, 2.45) is 0 Å². The minimum absolute atomic E-state index is 0.0517. The smallest absolute Gasteiger partial charge is 0.260 e. The van der Waals surface area contributed by atoms with Crippen LogP contribution in [0.1, 0.15) is 0 Å². The molecule has 0 atom stereocenters. The third kappa shape index (κ3) is 2.57. The van der Waals surface area contributed by atoms with Crippen molar-refractivity contribution in [3.63, 3.8) is 0 Å². The average molecular weight is 308 g/mol. The lowest BCUT2D eigenvalue weighted by Gasteiger charge is -1.99. The Kier molecular flexibility index (Phi) is 3.31. The zero-order valence-corrected chi connectivity index (χ0v) is 11.2. The van der Waals surface area contributed by atoms with Crippen LogP contribution in [-0.4, -0.2) is 10.1 Å². The number of aromatic nitrogens is 2. The van der Waals surface area contributed by atoms with E-state index in [1.54, 1.807) is 0 Å². The van der Waals surface area contributed by atoms with Gasteiger partial charge in [-0.1, -0.05) is 16.8 Å². The van der Waals surface area contributed by atoms with Crippen molar-refractivity contribution in [2.75, 3.05) is 5.73 Å². The summed E-state index contributed by atoms with van der Waals surface area (Å²) in [6.45, 7) is 0. The molecule has 0 radical (unpaired) electrons. The third-order valence-electron chi connectivity index (χ3n) is 2.85. The first kappa shape index (κ1) is 13.5. The molecule has 0 aliphatic carbocycles. The summed E-state index contributed by atoms with van der Waals surface area (Å²) in [5.41, 5.74) is 6.83. The molecule has 3 aromatic rings. The first-order valence-corrected chi connectivity index (χ1v) is 6.27. The molecule has 4 nitrogen and oxygen atoms in total. The molecule has 0 fully saturated rings. The van der Waals surface area contributed by atoms with Crippen LogP contribution >= 0.6 is 11.6 Å². The number of benzene rings is 2. The summed E-state index contributed by atoms with van der Waals surface area (Å²) in [4.78, 5) is 4.12. The maximum atomic E-state index is 13.3. The van der Waals surface area contributed by atoms with Crippen LogP contribution in [0.4, 0.5) is 14.5 Å². The number of hydrogen-bond acceptors (Lipinski definition) is 4. The Hall–Kier alpha value is -2.47. The van der Waals surface area contributed by atoms with Gasteiger partial charge in [0.05, 0.1) is 10.6 Å². The molecule has 2 aromatic carbocycles. The Morgan fingerprint density at radius 1 is 1.10 bits per heavy atom. The summed E-state index contributed by atoms with van der Waals surface area (Å²) in [5.74, 6) is -0.736. The monoisotopic (exact) mass is 307 g/mol. The normalized spacial score (nSPS) is 10.8. The highest BCUT2D eigenvalue weighted by Gasteiger charge is 2.14. The van der Waals surface area contributed by atoms with Gasteiger partial charge in [-0.3, -0.25) is 0 Å². The van der Waals surface area contributed by atoms with E-state index in [0.717, 1.165) is 0 Å². The standard InChI is InChI=1S/C14H8ClF2N3O/c15-10-5-7(1-3-11(10)17)13-19-14(21-20-13)9-6-8(16)2-4-12(9)18/h1-6H,18H2. The molecular weight excluding hydrogens is 300 g/mol. The molecule has 0 aliphatic rings. The number of hydrogen-bond donors (Lipinski definition) is 1. The van der Waals surface area contributed by atoms with Crippen LogP contribution in [0.25, 0.3) is 22.8 Å². The van der Waals surface area contributed by atoms with Gasteiger partial charge in [0.1, 0.15) is 11.6 Å². The van der Waals surface area contributed by atoms with Crippen molar-refractivity contribution < 1.29 is 13.3 Å². The molecule has 0 unspecified atom stereocenters. The van der Waals surface area contributed by atoms with E-state index in [0.29, 0.717) is 16.8 Å². The second-order valence-corrected chi connectivity index (χ2v) is 4.69. The highest BCUT2D eigenvalue weighted by atomic mass is 35.5. The van der Waals surface area contributed by atoms with Gasteiger partial charge in [0.2, 0.25) is 5.82 Å². The second kappa shape index (κ2) is 5.14. The summed E-state index contributed by atoms with van der Waals surface area (Å²) >= 11 is 5.70. The van der Waals surface area contributed by atoms with E-state index in [-0.39, 0.29) is 16.7 Å². The van der Waals surface area contributed by atoms with Gasteiger partial charge in [0, 0.05) is 11.3 Å². The van der Waals surface area contributed by atoms with Crippen molar-refractivity contribution >= 4 is 17.3 Å². The lowest BCUT2D eigenvalue weighted by molar-refractivity contribution is 0.432. The molecule has 0 aliphatic heterocycles. The first-order valence-electron chi connectivity index (χ1n) is 5.89. The van der Waals surface area contributed by atoms with Gasteiger partial charge in [-0.15, -0.1) is 0 Å². The van der Waals surface area contributed by atoms with E-state index in [9.17, 15) is 8.78 Å². The average Bonchev–Trinajstić information content (AvgIpc) is 2.94. The van der Waals surface area contributed by atoms with E-state index < -0.39 is 11.6 Å². The molecule has 0 spiro atoms. The Labute approximate surface area is 123 Å². The van der Waals surface area contributed by atoms with Gasteiger partial charge in [0.15, 0.2) is 0 Å². The molecule has 0 saturated heterocycles. The fraction of sp³-hybridized carbons (Fsp3) is 0. The number of nitrogens with zero attached hydrogens (tertiary/aromatic N) is 2. The Bertz CT molecular complexity index is 820. The van der Waals surface area contributed by atoms with Gasteiger partial charge in [-0.2, -0.15) is 4.98 Å². The van der Waals surface area contributed by atoms with Gasteiger partial charge in [-0.05, 0) is 36.4 Å². The lowest BCUT2D eigenvalue weighted by atomic mass is 10.1. The van der Waals surface area contributed by atoms with Gasteiger partial charge < -0.3 is 10.3 Å². The highest BCUT2D eigenvalue weighted by Crippen LogP contribution is 2.28. The van der Waals surface area contributed by atoms with Crippen molar-refractivity contribution in [3.8, 4) is 22.8 Å². The Balaban J connectivity index is 2.03. The third-order valence-corrected chi connectivity index (χ3v) is 3.14. The number of nitrogen functional groups attached to an aromatic ring is 1. The molecular formula is C14H8ClF2N3O. The number of rotatable bonds is 2. The Morgan fingerprint density at radius 3 is 2.67 bits per heavy atom. The molecule has 0 bridgehead atoms. The van der Waals surface area contributed by atoms with Crippen molar-refractivity contribution in [2.45, 2.75) is 0 Å². The van der Waals surface area contributed by atoms with E-state index >= 15 is 0 Å². The molecule has 1 aromatic heterocycles. The van der Waals surface area contributed by atoms with Crippen LogP contribution in [0.2, 0.25) is 5.02 Å². The summed E-state index contributed by atoms with van der Waals surface area (Å²) < 4.78 is 31.4. The van der Waals surface area contributed by atoms with Crippen molar-refractivity contribution in [1.29, 1.82) is 0 Å². The minimum Gasteiger partial charge on any atom is -0.398 e. The zero-order valence-electron chi connectivity index (χ0n) is 10.5. The first-order chi connectivity index (χ1) is 10.0. The van der Waals surface area contributed by atoms with Crippen molar-refractivity contribution in [3.05, 3.63) is 53.1 Å². The number of halogens is 3. The fourth-order valence-corrected chi connectivity index (χ4v) is 1.98. The molecule has 0 amide bonds. The van der Waals surface area contributed by atoms with Crippen LogP contribution in [-0.2, 0) is 0 Å². The highest BCUT2D eigenvalue weighted by molar-refractivity contribution is 6.31. The molecule has 0 saturated carbocycles. The summed E-state index contributed by atoms with van der Waals surface area (Å²) in [7, 11) is 0. The SMILES string of the molecule is Nc1ccc(F)cc1-c1nc(-c2ccc(F)c(Cl)c2)no1. The zero-order chi connectivity index (χ0) is 15.0. The maximum Gasteiger partial charge on any atom is 0.260 e. The van der Waals surface area contributed by atoms with Crippen LogP contribution in [0, 0.1) is 11.6 Å². The van der Waals surface area contributed by atoms with Crippen LogP contribution in [0.5, 0.6) is 0 Å². The molecule has 21 heavy (non-hydrogen) atoms. The van der Waals surface area contributed by atoms with Gasteiger partial charge >= 0.3 is 0 Å². The predicted molar refractivity (Wildman–Crippen MR) is 74.5 cm³/mol. The lowest BCUT2D eigenvalue weighted by Crippen LogP contribution is -1.91. The maximum absolute atomic E-state index is 13.3. The van der Waals surface area contributed by atoms with Gasteiger partial charge in [0.25, 0.3) is 5.89 Å².